The van der Waals surface area contributed by atoms with Gasteiger partial charge in [0.05, 0.1) is 16.6 Å². The van der Waals surface area contributed by atoms with Crippen molar-refractivity contribution in [2.75, 3.05) is 12.1 Å². The van der Waals surface area contributed by atoms with Gasteiger partial charge in [0, 0.05) is 12.2 Å². The number of anilines is 1. The molecule has 2 aromatic rings. The van der Waals surface area contributed by atoms with Crippen molar-refractivity contribution in [3.63, 3.8) is 0 Å². The van der Waals surface area contributed by atoms with Crippen LogP contribution in [0.25, 0.3) is 0 Å². The molecule has 6 nitrogen and oxygen atoms in total. The summed E-state index contributed by atoms with van der Waals surface area (Å²) in [5, 5.41) is 14.5. The van der Waals surface area contributed by atoms with Crippen LogP contribution in [-0.4, -0.2) is 11.7 Å². The van der Waals surface area contributed by atoms with E-state index in [0.717, 1.165) is 18.5 Å². The minimum atomic E-state index is -0.387. The zero-order valence-corrected chi connectivity index (χ0v) is 12.5. The summed E-state index contributed by atoms with van der Waals surface area (Å²) >= 11 is 0. The van der Waals surface area contributed by atoms with E-state index in [2.05, 4.69) is 17.4 Å². The molecule has 4 rings (SSSR count). The van der Waals surface area contributed by atoms with Crippen LogP contribution in [0.3, 0.4) is 0 Å². The molecule has 1 aliphatic heterocycles. The van der Waals surface area contributed by atoms with E-state index in [1.165, 1.54) is 23.6 Å². The van der Waals surface area contributed by atoms with Crippen molar-refractivity contribution in [3.8, 4) is 11.5 Å². The van der Waals surface area contributed by atoms with E-state index in [1.54, 1.807) is 6.07 Å². The second-order valence-electron chi connectivity index (χ2n) is 5.78. The summed E-state index contributed by atoms with van der Waals surface area (Å²) in [4.78, 5) is 10.9. The molecule has 0 radical (unpaired) electrons. The van der Waals surface area contributed by atoms with E-state index < -0.39 is 0 Å². The van der Waals surface area contributed by atoms with Crippen LogP contribution < -0.4 is 14.8 Å². The van der Waals surface area contributed by atoms with Gasteiger partial charge in [0.25, 0.3) is 5.69 Å². The summed E-state index contributed by atoms with van der Waals surface area (Å²) in [6.45, 7) is 0.472. The molecule has 118 valence electrons. The van der Waals surface area contributed by atoms with Gasteiger partial charge in [0.2, 0.25) is 6.79 Å². The molecule has 6 heteroatoms. The highest BCUT2D eigenvalue weighted by molar-refractivity contribution is 5.57. The number of nitrogens with one attached hydrogen (secondary N) is 1. The molecule has 0 amide bonds. The zero-order chi connectivity index (χ0) is 15.8. The fourth-order valence-electron chi connectivity index (χ4n) is 3.16. The molecule has 0 saturated carbocycles. The Hall–Kier alpha value is -2.76. The molecule has 2 aromatic carbocycles. The highest BCUT2D eigenvalue weighted by Gasteiger charge is 2.23. The third-order valence-corrected chi connectivity index (χ3v) is 4.35. The summed E-state index contributed by atoms with van der Waals surface area (Å²) in [6, 6.07) is 9.42. The third kappa shape index (κ3) is 2.56. The Labute approximate surface area is 133 Å². The van der Waals surface area contributed by atoms with Gasteiger partial charge in [0.1, 0.15) is 0 Å². The van der Waals surface area contributed by atoms with Crippen LogP contribution in [0.4, 0.5) is 11.4 Å². The van der Waals surface area contributed by atoms with E-state index in [4.69, 9.17) is 9.47 Å². The molecule has 0 unspecified atom stereocenters. The maximum Gasteiger partial charge on any atom is 0.278 e. The van der Waals surface area contributed by atoms with Crippen LogP contribution in [0.2, 0.25) is 0 Å². The first-order valence-electron chi connectivity index (χ1n) is 7.63. The lowest BCUT2D eigenvalue weighted by molar-refractivity contribution is -0.385. The largest absolute Gasteiger partial charge is 0.454 e. The van der Waals surface area contributed by atoms with Crippen molar-refractivity contribution in [1.29, 1.82) is 0 Å². The summed E-state index contributed by atoms with van der Waals surface area (Å²) in [6.07, 6.45) is 3.45. The lowest BCUT2D eigenvalue weighted by Crippen LogP contribution is -2.03. The predicted molar refractivity (Wildman–Crippen MR) is 85.0 cm³/mol. The van der Waals surface area contributed by atoms with Crippen molar-refractivity contribution < 1.29 is 14.4 Å². The average Bonchev–Trinajstić information content (AvgIpc) is 3.19. The first-order chi connectivity index (χ1) is 11.2. The molecule has 0 bridgehead atoms. The maximum absolute atomic E-state index is 11.3. The Kier molecular flexibility index (Phi) is 3.29. The SMILES string of the molecule is O=[N+]([O-])c1cc2c(cc1CNc1ccc3c(c1)CCC3)OCO2. The van der Waals surface area contributed by atoms with Crippen molar-refractivity contribution in [2.45, 2.75) is 25.8 Å². The molecular formula is C17H16N2O4. The summed E-state index contributed by atoms with van der Waals surface area (Å²) < 4.78 is 10.5. The van der Waals surface area contributed by atoms with Crippen LogP contribution in [-0.2, 0) is 19.4 Å². The second-order valence-corrected chi connectivity index (χ2v) is 5.78. The van der Waals surface area contributed by atoms with E-state index in [0.29, 0.717) is 23.6 Å². The van der Waals surface area contributed by atoms with Gasteiger partial charge < -0.3 is 14.8 Å². The predicted octanol–water partition coefficient (Wildman–Crippen LogP) is 3.42. The lowest BCUT2D eigenvalue weighted by Gasteiger charge is -2.10. The van der Waals surface area contributed by atoms with E-state index >= 15 is 0 Å². The van der Waals surface area contributed by atoms with Crippen LogP contribution in [0.5, 0.6) is 11.5 Å². The van der Waals surface area contributed by atoms with Crippen LogP contribution in [0, 0.1) is 10.1 Å². The number of rotatable bonds is 4. The van der Waals surface area contributed by atoms with Gasteiger partial charge in [-0.15, -0.1) is 0 Å². The number of hydrogen-bond donors (Lipinski definition) is 1. The summed E-state index contributed by atoms with van der Waals surface area (Å²) in [7, 11) is 0. The smallest absolute Gasteiger partial charge is 0.278 e. The zero-order valence-electron chi connectivity index (χ0n) is 12.5. The van der Waals surface area contributed by atoms with Crippen LogP contribution in [0.1, 0.15) is 23.1 Å². The summed E-state index contributed by atoms with van der Waals surface area (Å²) in [5.41, 5.74) is 4.39. The molecule has 0 saturated heterocycles. The Morgan fingerprint density at radius 1 is 1.09 bits per heavy atom. The number of nitrogens with zero attached hydrogens (tertiary/aromatic N) is 1. The number of ether oxygens (including phenoxy) is 2. The fourth-order valence-corrected chi connectivity index (χ4v) is 3.16. The second kappa shape index (κ2) is 5.46. The number of hydrogen-bond acceptors (Lipinski definition) is 5. The Morgan fingerprint density at radius 2 is 1.87 bits per heavy atom. The fraction of sp³-hybridized carbons (Fsp3) is 0.294. The number of nitro groups is 1. The van der Waals surface area contributed by atoms with Gasteiger partial charge in [-0.25, -0.2) is 0 Å². The summed E-state index contributed by atoms with van der Waals surface area (Å²) in [5.74, 6) is 0.985. The molecule has 0 aromatic heterocycles. The van der Waals surface area contributed by atoms with Gasteiger partial charge in [0.15, 0.2) is 11.5 Å². The first kappa shape index (κ1) is 13.9. The van der Waals surface area contributed by atoms with Gasteiger partial charge >= 0.3 is 0 Å². The third-order valence-electron chi connectivity index (χ3n) is 4.35. The van der Waals surface area contributed by atoms with Crippen LogP contribution >= 0.6 is 0 Å². The van der Waals surface area contributed by atoms with Gasteiger partial charge in [-0.3, -0.25) is 10.1 Å². The molecule has 1 heterocycles. The highest BCUT2D eigenvalue weighted by atomic mass is 16.7. The van der Waals surface area contributed by atoms with Crippen molar-refractivity contribution in [3.05, 3.63) is 57.1 Å². The molecule has 0 atom stereocenters. The monoisotopic (exact) mass is 312 g/mol. The molecule has 1 N–H and O–H groups in total. The topological polar surface area (TPSA) is 73.6 Å². The maximum atomic E-state index is 11.3. The Balaban J connectivity index is 1.58. The van der Waals surface area contributed by atoms with Crippen molar-refractivity contribution in [2.24, 2.45) is 0 Å². The number of fused-ring (bicyclic) bond motifs is 2. The van der Waals surface area contributed by atoms with Gasteiger partial charge in [-0.2, -0.15) is 0 Å². The van der Waals surface area contributed by atoms with E-state index in [-0.39, 0.29) is 17.4 Å². The van der Waals surface area contributed by atoms with E-state index in [1.807, 2.05) is 6.07 Å². The first-order valence-corrected chi connectivity index (χ1v) is 7.63. The lowest BCUT2D eigenvalue weighted by atomic mass is 10.1. The molecule has 1 aliphatic carbocycles. The van der Waals surface area contributed by atoms with Crippen molar-refractivity contribution in [1.82, 2.24) is 0 Å². The normalized spacial score (nSPS) is 14.6. The minimum Gasteiger partial charge on any atom is -0.454 e. The number of nitro benzene ring substituents is 1. The minimum absolute atomic E-state index is 0.0444. The number of aryl methyl sites for hydroxylation is 2. The van der Waals surface area contributed by atoms with E-state index in [9.17, 15) is 10.1 Å². The van der Waals surface area contributed by atoms with Crippen LogP contribution in [0.15, 0.2) is 30.3 Å². The van der Waals surface area contributed by atoms with Gasteiger partial charge in [-0.1, -0.05) is 6.07 Å². The van der Waals surface area contributed by atoms with Crippen molar-refractivity contribution >= 4 is 11.4 Å². The molecule has 23 heavy (non-hydrogen) atoms. The quantitative estimate of drug-likeness (QED) is 0.691. The highest BCUT2D eigenvalue weighted by Crippen LogP contribution is 2.38. The number of benzene rings is 2. The average molecular weight is 312 g/mol. The molecule has 0 fully saturated rings. The van der Waals surface area contributed by atoms with Gasteiger partial charge in [-0.05, 0) is 48.6 Å². The molecule has 2 aliphatic rings. The Morgan fingerprint density at radius 3 is 2.70 bits per heavy atom. The standard InChI is InChI=1S/C17H16N2O4/c20-19(21)15-8-17-16(22-10-23-17)7-13(15)9-18-14-5-4-11-2-1-3-12(11)6-14/h4-8,18H,1-3,9-10H2. The molecule has 0 spiro atoms. The molecular weight excluding hydrogens is 296 g/mol. The Bertz CT molecular complexity index is 788.